The molecule has 1 aliphatic carbocycles. The molecule has 0 spiro atoms. The third-order valence-corrected chi connectivity index (χ3v) is 14.4. The van der Waals surface area contributed by atoms with Crippen molar-refractivity contribution in [3.63, 3.8) is 0 Å². The van der Waals surface area contributed by atoms with Crippen molar-refractivity contribution >= 4 is 32.8 Å². The van der Waals surface area contributed by atoms with Gasteiger partial charge in [0, 0.05) is 6.20 Å². The van der Waals surface area contributed by atoms with Crippen LogP contribution in [0.1, 0.15) is 76.3 Å². The Hall–Kier alpha value is -6.55. The molecule has 7 aromatic carbocycles. The predicted octanol–water partition coefficient (Wildman–Crippen LogP) is 15.3. The summed E-state index contributed by atoms with van der Waals surface area (Å²) in [5.41, 5.74) is 15.8. The molecule has 0 fully saturated rings. The number of ether oxygens (including phenoxy) is 1. The summed E-state index contributed by atoms with van der Waals surface area (Å²) < 4.78 is 15.4. The van der Waals surface area contributed by atoms with Gasteiger partial charge in [0.1, 0.15) is 0 Å². The summed E-state index contributed by atoms with van der Waals surface area (Å²) in [6.07, 6.45) is 3.95. The van der Waals surface area contributed by atoms with Gasteiger partial charge in [0.2, 0.25) is 0 Å². The zero-order valence-corrected chi connectivity index (χ0v) is 40.0. The molecule has 1 aliphatic rings. The fourth-order valence-corrected chi connectivity index (χ4v) is 11.1. The summed E-state index contributed by atoms with van der Waals surface area (Å²) in [6.45, 7) is 13.6. The monoisotopic (exact) mass is 1030 g/mol. The van der Waals surface area contributed by atoms with Crippen molar-refractivity contribution < 1.29 is 24.1 Å². The Balaban J connectivity index is 1.03. The van der Waals surface area contributed by atoms with Gasteiger partial charge in [-0.1, -0.05) is 47.6 Å². The summed E-state index contributed by atoms with van der Waals surface area (Å²) in [7, 11) is 0. The van der Waals surface area contributed by atoms with Crippen LogP contribution in [0.25, 0.3) is 66.6 Å². The molecule has 0 bridgehead atoms. The number of fused-ring (bicyclic) bond motifs is 5. The average Bonchev–Trinajstić information content (AvgIpc) is 3.97. The van der Waals surface area contributed by atoms with E-state index >= 15 is 0 Å². The first-order valence-electron chi connectivity index (χ1n) is 22.7. The molecule has 0 amide bonds. The van der Waals surface area contributed by atoms with Crippen LogP contribution in [0, 0.1) is 3.80 Å². The Morgan fingerprint density at radius 3 is 1.86 bits per heavy atom. The van der Waals surface area contributed by atoms with Crippen molar-refractivity contribution in [2.75, 3.05) is 0 Å². The minimum absolute atomic E-state index is 0.0153. The molecule has 1 unspecified atom stereocenters. The van der Waals surface area contributed by atoms with Crippen molar-refractivity contribution in [1.29, 1.82) is 0 Å². The molecular weight excluding hydrogens is 976 g/mol. The summed E-state index contributed by atoms with van der Waals surface area (Å²) in [5.74, 6) is 2.54. The van der Waals surface area contributed by atoms with E-state index in [1.807, 2.05) is 6.20 Å². The third kappa shape index (κ3) is 7.22. The summed E-state index contributed by atoms with van der Waals surface area (Å²) in [4.78, 5) is 4.96. The van der Waals surface area contributed by atoms with Gasteiger partial charge in [-0.3, -0.25) is 0 Å². The van der Waals surface area contributed by atoms with Crippen molar-refractivity contribution in [1.82, 2.24) is 18.7 Å². The second-order valence-electron chi connectivity index (χ2n) is 19.5. The number of para-hydroxylation sites is 3. The molecular formula is C59H52N4OPt. The maximum atomic E-state index is 6.91. The van der Waals surface area contributed by atoms with E-state index in [9.17, 15) is 0 Å². The van der Waals surface area contributed by atoms with Crippen LogP contribution in [0.2, 0.25) is 0 Å². The molecule has 0 saturated heterocycles. The molecule has 1 atom stereocenters. The average molecular weight is 1030 g/mol. The fraction of sp³-hybridized carbons (Fsp3) is 0.186. The van der Waals surface area contributed by atoms with Crippen LogP contribution in [0.5, 0.6) is 11.5 Å². The number of aromatic nitrogens is 4. The van der Waals surface area contributed by atoms with Gasteiger partial charge in [0.25, 0.3) is 0 Å². The van der Waals surface area contributed by atoms with E-state index in [4.69, 9.17) is 9.72 Å². The molecule has 324 valence electrons. The van der Waals surface area contributed by atoms with Crippen LogP contribution in [-0.2, 0) is 36.6 Å². The second kappa shape index (κ2) is 15.9. The van der Waals surface area contributed by atoms with Gasteiger partial charge in [-0.2, -0.15) is 0 Å². The predicted molar refractivity (Wildman–Crippen MR) is 264 cm³/mol. The van der Waals surface area contributed by atoms with Crippen LogP contribution >= 0.6 is 0 Å². The Morgan fingerprint density at radius 1 is 0.538 bits per heavy atom. The number of imidazole rings is 1. The molecule has 11 rings (SSSR count). The van der Waals surface area contributed by atoms with E-state index in [2.05, 4.69) is 244 Å². The smallest absolute Gasteiger partial charge is 0.0149 e. The molecule has 0 aliphatic heterocycles. The van der Waals surface area contributed by atoms with Crippen LogP contribution in [0.4, 0.5) is 0 Å². The first-order valence-corrected chi connectivity index (χ1v) is 23.8. The van der Waals surface area contributed by atoms with Crippen LogP contribution in [-0.4, -0.2) is 18.7 Å². The number of hydrogen-bond acceptors (Lipinski definition) is 2. The number of nitrogens with zero attached hydrogens (tertiary/aromatic N) is 4. The molecule has 5 nitrogen and oxygen atoms in total. The standard InChI is InChI=1S/C59H52N4O.Pt/c1-58(2,3)42-26-31-52-50(34-42)48-29-28-45(37-55(48)63(52)56-35-43(32-33-60-56)59(4,5)6)64-44-27-24-41-25-30-51(49(41)36-44)61-38-62(54-23-14-13-22-53(54)61)57-46(39-16-9-7-10-17-39)20-15-21-47(57)40-18-11-8-12-19-40;/h7-24,26-29,31-37,51H,25,30H2,1-6H3;. The van der Waals surface area contributed by atoms with Crippen LogP contribution in [0.3, 0.4) is 0 Å². The quantitative estimate of drug-likeness (QED) is 0.160. The third-order valence-electron chi connectivity index (χ3n) is 13.3. The normalized spacial score (nSPS) is 14.1. The van der Waals surface area contributed by atoms with Gasteiger partial charge in [-0.05, 0) is 46.2 Å². The van der Waals surface area contributed by atoms with Gasteiger partial charge in [0.05, 0.1) is 0 Å². The molecule has 3 heterocycles. The summed E-state index contributed by atoms with van der Waals surface area (Å²) >= 11 is 2.58. The number of rotatable bonds is 7. The van der Waals surface area contributed by atoms with Crippen LogP contribution < -0.4 is 4.74 Å². The first kappa shape index (κ1) is 41.2. The van der Waals surface area contributed by atoms with Crippen molar-refractivity contribution in [3.8, 4) is 45.3 Å². The SMILES string of the molecule is CC(C)(C)c1ccnc(-n2c3ccc(C(C)(C)C)cc3c3ccc(Oc4ccc5c(c4)C(n4[c](=[Pt])n(-c6c(-c7ccccc7)cccc6-c6ccccc6)c6ccccc64)CC5)cc32)c1. The van der Waals surface area contributed by atoms with Gasteiger partial charge < -0.3 is 0 Å². The Bertz CT molecular complexity index is 3450. The molecule has 10 aromatic rings. The molecule has 3 aromatic heterocycles. The fourth-order valence-electron chi connectivity index (χ4n) is 9.94. The Morgan fingerprint density at radius 2 is 1.17 bits per heavy atom. The van der Waals surface area contributed by atoms with Gasteiger partial charge in [0.15, 0.2) is 0 Å². The number of benzene rings is 7. The zero-order valence-electron chi connectivity index (χ0n) is 37.7. The topological polar surface area (TPSA) is 36.9 Å². The van der Waals surface area contributed by atoms with E-state index in [0.717, 1.165) is 45.0 Å². The van der Waals surface area contributed by atoms with E-state index in [-0.39, 0.29) is 16.9 Å². The van der Waals surface area contributed by atoms with E-state index in [0.29, 0.717) is 0 Å². The minimum atomic E-state index is -0.0153. The maximum Gasteiger partial charge on any atom is -0.0149 e. The number of aryl methyl sites for hydroxylation is 1. The number of hydrogen-bond donors (Lipinski definition) is 0. The maximum absolute atomic E-state index is 6.91. The second-order valence-corrected chi connectivity index (χ2v) is 20.6. The zero-order chi connectivity index (χ0) is 44.6. The van der Waals surface area contributed by atoms with Crippen molar-refractivity contribution in [2.45, 2.75) is 71.3 Å². The van der Waals surface area contributed by atoms with E-state index < -0.39 is 0 Å². The Kier molecular flexibility index (Phi) is 10.0. The molecule has 6 heteroatoms. The van der Waals surface area contributed by atoms with E-state index in [1.54, 1.807) is 0 Å². The molecule has 0 saturated carbocycles. The summed E-state index contributed by atoms with van der Waals surface area (Å²) in [6, 6.07) is 61.8. The molecule has 65 heavy (non-hydrogen) atoms. The molecule has 0 N–H and O–H groups in total. The first-order chi connectivity index (χ1) is 31.4. The molecule has 0 radical (unpaired) electrons. The van der Waals surface area contributed by atoms with Gasteiger partial charge in [-0.25, -0.2) is 4.98 Å². The minimum Gasteiger partial charge on any atom is -0.0149 e. The largest absolute Gasteiger partial charge is 0.0149 e. The van der Waals surface area contributed by atoms with Crippen molar-refractivity contribution in [3.05, 3.63) is 202 Å². The van der Waals surface area contributed by atoms with Crippen molar-refractivity contribution in [2.24, 2.45) is 0 Å². The van der Waals surface area contributed by atoms with Gasteiger partial charge in [-0.15, -0.1) is 0 Å². The number of pyridine rings is 1. The van der Waals surface area contributed by atoms with Crippen LogP contribution in [0.15, 0.2) is 176 Å². The van der Waals surface area contributed by atoms with E-state index in [1.165, 1.54) is 72.0 Å². The Labute approximate surface area is 392 Å². The van der Waals surface area contributed by atoms with Gasteiger partial charge >= 0.3 is 289 Å². The summed E-state index contributed by atoms with van der Waals surface area (Å²) in [5, 5.41) is 2.40.